The number of carbonyl (C=O) groups is 1. The Bertz CT molecular complexity index is 960. The van der Waals surface area contributed by atoms with Gasteiger partial charge in [0.1, 0.15) is 5.82 Å². The average molecular weight is 379 g/mol. The Morgan fingerprint density at radius 3 is 2.61 bits per heavy atom. The van der Waals surface area contributed by atoms with Gasteiger partial charge in [-0.25, -0.2) is 4.39 Å². The summed E-state index contributed by atoms with van der Waals surface area (Å²) >= 11 is 0. The minimum absolute atomic E-state index is 0.143. The van der Waals surface area contributed by atoms with Crippen LogP contribution in [0.5, 0.6) is 0 Å². The highest BCUT2D eigenvalue weighted by Gasteiger charge is 2.27. The van der Waals surface area contributed by atoms with Crippen LogP contribution in [0.1, 0.15) is 35.8 Å². The van der Waals surface area contributed by atoms with E-state index in [0.717, 1.165) is 24.0 Å². The number of piperidine rings is 1. The predicted octanol–water partition coefficient (Wildman–Crippen LogP) is 4.13. The molecule has 5 nitrogen and oxygen atoms in total. The van der Waals surface area contributed by atoms with E-state index in [1.165, 1.54) is 12.1 Å². The monoisotopic (exact) mass is 379 g/mol. The maximum atomic E-state index is 13.1. The first-order valence-corrected chi connectivity index (χ1v) is 9.51. The number of likely N-dealkylation sites (tertiary alicyclic amines) is 1. The molecule has 1 aromatic heterocycles. The largest absolute Gasteiger partial charge is 0.420 e. The molecule has 1 fully saturated rings. The van der Waals surface area contributed by atoms with Crippen molar-refractivity contribution < 1.29 is 13.6 Å². The number of carbonyl (C=O) groups excluding carboxylic acids is 1. The van der Waals surface area contributed by atoms with Gasteiger partial charge in [0.05, 0.1) is 6.42 Å². The smallest absolute Gasteiger partial charge is 0.247 e. The van der Waals surface area contributed by atoms with E-state index >= 15 is 0 Å². The maximum Gasteiger partial charge on any atom is 0.247 e. The van der Waals surface area contributed by atoms with E-state index in [4.69, 9.17) is 4.42 Å². The summed E-state index contributed by atoms with van der Waals surface area (Å²) in [5.74, 6) is 0.982. The van der Waals surface area contributed by atoms with Crippen molar-refractivity contribution in [3.05, 3.63) is 71.4 Å². The zero-order valence-electron chi connectivity index (χ0n) is 15.8. The van der Waals surface area contributed by atoms with Gasteiger partial charge in [-0.05, 0) is 49.6 Å². The van der Waals surface area contributed by atoms with E-state index in [1.807, 2.05) is 30.0 Å². The first-order valence-electron chi connectivity index (χ1n) is 9.51. The lowest BCUT2D eigenvalue weighted by atomic mass is 9.96. The summed E-state index contributed by atoms with van der Waals surface area (Å²) in [4.78, 5) is 14.5. The van der Waals surface area contributed by atoms with Crippen LogP contribution in [-0.4, -0.2) is 34.1 Å². The molecule has 0 spiro atoms. The SMILES string of the molecule is Cc1cccc(CC(=O)N2CCC(c3nnc(-c4ccc(F)cc4)o3)CC2)c1. The van der Waals surface area contributed by atoms with Crippen molar-refractivity contribution in [2.24, 2.45) is 0 Å². The van der Waals surface area contributed by atoms with Gasteiger partial charge >= 0.3 is 0 Å². The highest BCUT2D eigenvalue weighted by atomic mass is 19.1. The second kappa shape index (κ2) is 7.92. The minimum Gasteiger partial charge on any atom is -0.420 e. The van der Waals surface area contributed by atoms with Gasteiger partial charge < -0.3 is 9.32 Å². The molecule has 2 aromatic carbocycles. The van der Waals surface area contributed by atoms with Crippen LogP contribution >= 0.6 is 0 Å². The summed E-state index contributed by atoms with van der Waals surface area (Å²) in [6, 6.07) is 14.1. The van der Waals surface area contributed by atoms with E-state index in [-0.39, 0.29) is 17.6 Å². The second-order valence-corrected chi connectivity index (χ2v) is 7.27. The summed E-state index contributed by atoms with van der Waals surface area (Å²) in [5.41, 5.74) is 2.91. The lowest BCUT2D eigenvalue weighted by Crippen LogP contribution is -2.38. The summed E-state index contributed by atoms with van der Waals surface area (Å²) in [6.07, 6.45) is 2.02. The molecule has 1 aliphatic rings. The topological polar surface area (TPSA) is 59.2 Å². The fourth-order valence-corrected chi connectivity index (χ4v) is 3.59. The zero-order valence-corrected chi connectivity index (χ0v) is 15.8. The van der Waals surface area contributed by atoms with E-state index in [0.29, 0.717) is 36.9 Å². The maximum absolute atomic E-state index is 13.1. The number of rotatable bonds is 4. The van der Waals surface area contributed by atoms with Gasteiger partial charge in [-0.2, -0.15) is 0 Å². The molecule has 2 heterocycles. The molecule has 1 amide bonds. The van der Waals surface area contributed by atoms with Crippen LogP contribution in [0.2, 0.25) is 0 Å². The fraction of sp³-hybridized carbons (Fsp3) is 0.318. The van der Waals surface area contributed by atoms with Crippen molar-refractivity contribution in [3.63, 3.8) is 0 Å². The van der Waals surface area contributed by atoms with Crippen molar-refractivity contribution >= 4 is 5.91 Å². The number of hydrogen-bond donors (Lipinski definition) is 0. The van der Waals surface area contributed by atoms with Crippen LogP contribution in [-0.2, 0) is 11.2 Å². The number of nitrogens with zero attached hydrogens (tertiary/aromatic N) is 3. The van der Waals surface area contributed by atoms with Crippen molar-refractivity contribution in [2.45, 2.75) is 32.1 Å². The molecule has 0 aliphatic carbocycles. The third-order valence-electron chi connectivity index (χ3n) is 5.17. The Morgan fingerprint density at radius 2 is 1.89 bits per heavy atom. The summed E-state index contributed by atoms with van der Waals surface area (Å²) < 4.78 is 18.9. The van der Waals surface area contributed by atoms with E-state index in [2.05, 4.69) is 16.3 Å². The Labute approximate surface area is 163 Å². The molecule has 0 radical (unpaired) electrons. The molecule has 6 heteroatoms. The molecule has 0 bridgehead atoms. The Morgan fingerprint density at radius 1 is 1.14 bits per heavy atom. The van der Waals surface area contributed by atoms with Gasteiger partial charge in [-0.15, -0.1) is 10.2 Å². The third kappa shape index (κ3) is 4.11. The van der Waals surface area contributed by atoms with E-state index in [9.17, 15) is 9.18 Å². The molecule has 0 atom stereocenters. The van der Waals surface area contributed by atoms with Gasteiger partial charge in [0, 0.05) is 24.6 Å². The van der Waals surface area contributed by atoms with Crippen LogP contribution in [0.4, 0.5) is 4.39 Å². The van der Waals surface area contributed by atoms with Crippen LogP contribution < -0.4 is 0 Å². The highest BCUT2D eigenvalue weighted by Crippen LogP contribution is 2.29. The highest BCUT2D eigenvalue weighted by molar-refractivity contribution is 5.79. The van der Waals surface area contributed by atoms with Gasteiger partial charge in [-0.1, -0.05) is 29.8 Å². The van der Waals surface area contributed by atoms with Crippen molar-refractivity contribution in [1.29, 1.82) is 0 Å². The van der Waals surface area contributed by atoms with Crippen LogP contribution in [0, 0.1) is 12.7 Å². The second-order valence-electron chi connectivity index (χ2n) is 7.27. The Balaban J connectivity index is 1.35. The van der Waals surface area contributed by atoms with E-state index in [1.54, 1.807) is 12.1 Å². The molecule has 144 valence electrons. The quantitative estimate of drug-likeness (QED) is 0.684. The van der Waals surface area contributed by atoms with Crippen molar-refractivity contribution in [2.75, 3.05) is 13.1 Å². The van der Waals surface area contributed by atoms with Gasteiger partial charge in [-0.3, -0.25) is 4.79 Å². The van der Waals surface area contributed by atoms with Crippen LogP contribution in [0.15, 0.2) is 52.9 Å². The average Bonchev–Trinajstić information content (AvgIpc) is 3.19. The Kier molecular flexibility index (Phi) is 5.19. The minimum atomic E-state index is -0.300. The summed E-state index contributed by atoms with van der Waals surface area (Å²) in [5, 5.41) is 8.26. The predicted molar refractivity (Wildman–Crippen MR) is 103 cm³/mol. The molecule has 0 unspecified atom stereocenters. The number of aromatic nitrogens is 2. The number of aryl methyl sites for hydroxylation is 1. The summed E-state index contributed by atoms with van der Waals surface area (Å²) in [7, 11) is 0. The van der Waals surface area contributed by atoms with E-state index < -0.39 is 0 Å². The first-order chi connectivity index (χ1) is 13.6. The lowest BCUT2D eigenvalue weighted by Gasteiger charge is -2.30. The fourth-order valence-electron chi connectivity index (χ4n) is 3.59. The lowest BCUT2D eigenvalue weighted by molar-refractivity contribution is -0.131. The molecule has 4 rings (SSSR count). The molecule has 28 heavy (non-hydrogen) atoms. The van der Waals surface area contributed by atoms with Gasteiger partial charge in [0.25, 0.3) is 0 Å². The Hall–Kier alpha value is -3.02. The molecule has 0 N–H and O–H groups in total. The molecule has 1 saturated heterocycles. The third-order valence-corrected chi connectivity index (χ3v) is 5.17. The molecular weight excluding hydrogens is 357 g/mol. The first kappa shape index (κ1) is 18.3. The van der Waals surface area contributed by atoms with Gasteiger partial charge in [0.2, 0.25) is 17.7 Å². The van der Waals surface area contributed by atoms with Crippen molar-refractivity contribution in [3.8, 4) is 11.5 Å². The number of halogens is 1. The molecule has 0 saturated carbocycles. The zero-order chi connectivity index (χ0) is 19.5. The standard InChI is InChI=1S/C22H22FN3O2/c1-15-3-2-4-16(13-15)14-20(27)26-11-9-18(10-12-26)22-25-24-21(28-22)17-5-7-19(23)8-6-17/h2-8,13,18H,9-12,14H2,1H3. The number of hydrogen-bond acceptors (Lipinski definition) is 4. The molecular formula is C22H22FN3O2. The summed E-state index contributed by atoms with van der Waals surface area (Å²) in [6.45, 7) is 3.40. The number of amides is 1. The molecule has 3 aromatic rings. The van der Waals surface area contributed by atoms with Crippen LogP contribution in [0.25, 0.3) is 11.5 Å². The molecule has 1 aliphatic heterocycles. The van der Waals surface area contributed by atoms with Crippen LogP contribution in [0.3, 0.4) is 0 Å². The van der Waals surface area contributed by atoms with Gasteiger partial charge in [0.15, 0.2) is 0 Å². The normalized spacial score (nSPS) is 15.0. The number of benzene rings is 2. The van der Waals surface area contributed by atoms with Crippen molar-refractivity contribution in [1.82, 2.24) is 15.1 Å².